The Bertz CT molecular complexity index is 1010. The fourth-order valence-electron chi connectivity index (χ4n) is 2.23. The summed E-state index contributed by atoms with van der Waals surface area (Å²) in [6, 6.07) is 12.1. The Balaban J connectivity index is 2.19. The van der Waals surface area contributed by atoms with Gasteiger partial charge in [0.25, 0.3) is 0 Å². The molecule has 25 heavy (non-hydrogen) atoms. The third kappa shape index (κ3) is 3.32. The van der Waals surface area contributed by atoms with Gasteiger partial charge in [-0.15, -0.1) is 0 Å². The molecular formula is C17H14BrFN2O3S. The molecule has 0 radical (unpaired) electrons. The van der Waals surface area contributed by atoms with Gasteiger partial charge in [0.15, 0.2) is 0 Å². The van der Waals surface area contributed by atoms with E-state index in [9.17, 15) is 12.8 Å². The number of nitrogens with zero attached hydrogens (tertiary/aromatic N) is 2. The van der Waals surface area contributed by atoms with Gasteiger partial charge >= 0.3 is 0 Å². The molecule has 3 aromatic rings. The molecule has 0 bridgehead atoms. The normalized spacial score (nSPS) is 11.5. The molecule has 5 nitrogen and oxygen atoms in total. The molecule has 0 saturated heterocycles. The van der Waals surface area contributed by atoms with Crippen molar-refractivity contribution in [3.63, 3.8) is 0 Å². The first-order chi connectivity index (χ1) is 11.8. The number of hydrogen-bond acceptors (Lipinski definition) is 5. The van der Waals surface area contributed by atoms with Gasteiger partial charge in [0.2, 0.25) is 26.6 Å². The molecule has 0 aliphatic rings. The van der Waals surface area contributed by atoms with Crippen LogP contribution >= 0.6 is 15.9 Å². The average Bonchev–Trinajstić information content (AvgIpc) is 3.02. The number of rotatable bonds is 4. The lowest BCUT2D eigenvalue weighted by molar-refractivity contribution is 0.555. The van der Waals surface area contributed by atoms with Crippen molar-refractivity contribution in [2.45, 2.75) is 9.92 Å². The van der Waals surface area contributed by atoms with Crippen LogP contribution in [0.25, 0.3) is 11.5 Å². The van der Waals surface area contributed by atoms with Crippen LogP contribution in [-0.2, 0) is 9.84 Å². The summed E-state index contributed by atoms with van der Waals surface area (Å²) >= 11 is 3.27. The first-order valence-corrected chi connectivity index (χ1v) is 9.52. The topological polar surface area (TPSA) is 63.4 Å². The minimum Gasteiger partial charge on any atom is -0.419 e. The van der Waals surface area contributed by atoms with E-state index in [0.717, 1.165) is 4.47 Å². The molecule has 0 aliphatic heterocycles. The van der Waals surface area contributed by atoms with Crippen LogP contribution in [0, 0.1) is 5.82 Å². The average molecular weight is 425 g/mol. The molecule has 2 aromatic carbocycles. The van der Waals surface area contributed by atoms with E-state index < -0.39 is 15.7 Å². The maximum atomic E-state index is 14.0. The van der Waals surface area contributed by atoms with Crippen LogP contribution in [0.1, 0.15) is 0 Å². The van der Waals surface area contributed by atoms with E-state index in [1.165, 1.54) is 35.2 Å². The standard InChI is InChI=1S/C17H14BrFN2O3S/c1-21(2)17-16(25(22,23)12-9-7-11(18)8-10-12)20-15(24-17)13-5-3-4-6-14(13)19/h3-10H,1-2H3. The number of benzene rings is 2. The van der Waals surface area contributed by atoms with Gasteiger partial charge in [-0.2, -0.15) is 4.98 Å². The SMILES string of the molecule is CN(C)c1oc(-c2ccccc2F)nc1S(=O)(=O)c1ccc(Br)cc1. The zero-order valence-corrected chi connectivity index (χ0v) is 15.8. The molecule has 1 aromatic heterocycles. The summed E-state index contributed by atoms with van der Waals surface area (Å²) in [7, 11) is -0.659. The summed E-state index contributed by atoms with van der Waals surface area (Å²) in [5.74, 6) is -0.583. The fraction of sp³-hybridized carbons (Fsp3) is 0.118. The molecule has 0 atom stereocenters. The van der Waals surface area contributed by atoms with Crippen molar-refractivity contribution in [3.05, 3.63) is 58.8 Å². The number of halogens is 2. The van der Waals surface area contributed by atoms with E-state index in [1.807, 2.05) is 0 Å². The lowest BCUT2D eigenvalue weighted by atomic mass is 10.2. The van der Waals surface area contributed by atoms with Crippen molar-refractivity contribution >= 4 is 31.7 Å². The molecule has 0 amide bonds. The number of aromatic nitrogens is 1. The molecule has 130 valence electrons. The van der Waals surface area contributed by atoms with Crippen molar-refractivity contribution in [1.82, 2.24) is 4.98 Å². The lowest BCUT2D eigenvalue weighted by Gasteiger charge is -2.10. The number of hydrogen-bond donors (Lipinski definition) is 0. The Morgan fingerprint density at radius 3 is 2.32 bits per heavy atom. The first kappa shape index (κ1) is 17.6. The zero-order chi connectivity index (χ0) is 18.2. The third-order valence-corrected chi connectivity index (χ3v) is 5.66. The summed E-state index contributed by atoms with van der Waals surface area (Å²) < 4.78 is 46.2. The van der Waals surface area contributed by atoms with Crippen LogP contribution in [0.3, 0.4) is 0 Å². The molecule has 0 aliphatic carbocycles. The maximum absolute atomic E-state index is 14.0. The summed E-state index contributed by atoms with van der Waals surface area (Å²) in [5, 5.41) is -0.252. The molecule has 0 N–H and O–H groups in total. The maximum Gasteiger partial charge on any atom is 0.235 e. The van der Waals surface area contributed by atoms with E-state index in [-0.39, 0.29) is 27.3 Å². The molecule has 0 saturated carbocycles. The molecule has 0 fully saturated rings. The predicted molar refractivity (Wildman–Crippen MR) is 95.8 cm³/mol. The Kier molecular flexibility index (Phi) is 4.66. The monoisotopic (exact) mass is 424 g/mol. The van der Waals surface area contributed by atoms with Gasteiger partial charge in [-0.1, -0.05) is 28.1 Å². The van der Waals surface area contributed by atoms with E-state index >= 15 is 0 Å². The molecule has 3 rings (SSSR count). The molecule has 0 unspecified atom stereocenters. The summed E-state index contributed by atoms with van der Waals surface area (Å²) in [6.45, 7) is 0. The largest absolute Gasteiger partial charge is 0.419 e. The molecule has 1 heterocycles. The van der Waals surface area contributed by atoms with Gasteiger partial charge in [0.05, 0.1) is 10.5 Å². The minimum atomic E-state index is -3.92. The fourth-order valence-corrected chi connectivity index (χ4v) is 3.87. The second-order valence-electron chi connectivity index (χ2n) is 5.46. The van der Waals surface area contributed by atoms with Crippen LogP contribution in [0.4, 0.5) is 10.3 Å². The van der Waals surface area contributed by atoms with E-state index in [4.69, 9.17) is 4.42 Å². The number of anilines is 1. The Labute approximate surface area is 153 Å². The zero-order valence-electron chi connectivity index (χ0n) is 13.4. The van der Waals surface area contributed by atoms with Gasteiger partial charge in [-0.25, -0.2) is 12.8 Å². The Morgan fingerprint density at radius 1 is 1.08 bits per heavy atom. The van der Waals surface area contributed by atoms with Gasteiger partial charge < -0.3 is 9.32 Å². The molecular weight excluding hydrogens is 411 g/mol. The van der Waals surface area contributed by atoms with Crippen molar-refractivity contribution in [2.75, 3.05) is 19.0 Å². The smallest absolute Gasteiger partial charge is 0.235 e. The highest BCUT2D eigenvalue weighted by Gasteiger charge is 2.30. The van der Waals surface area contributed by atoms with Gasteiger partial charge in [-0.3, -0.25) is 0 Å². The van der Waals surface area contributed by atoms with Gasteiger partial charge in [-0.05, 0) is 36.4 Å². The van der Waals surface area contributed by atoms with Crippen molar-refractivity contribution in [1.29, 1.82) is 0 Å². The quantitative estimate of drug-likeness (QED) is 0.629. The number of sulfone groups is 1. The van der Waals surface area contributed by atoms with Crippen LogP contribution in [-0.4, -0.2) is 27.5 Å². The second-order valence-corrected chi connectivity index (χ2v) is 8.24. The van der Waals surface area contributed by atoms with Crippen LogP contribution in [0.5, 0.6) is 0 Å². The van der Waals surface area contributed by atoms with Gasteiger partial charge in [0, 0.05) is 18.6 Å². The second kappa shape index (κ2) is 6.61. The first-order valence-electron chi connectivity index (χ1n) is 7.24. The summed E-state index contributed by atoms with van der Waals surface area (Å²) in [4.78, 5) is 5.65. The van der Waals surface area contributed by atoms with E-state index in [1.54, 1.807) is 32.3 Å². The predicted octanol–water partition coefficient (Wildman–Crippen LogP) is 4.14. The highest BCUT2D eigenvalue weighted by Crippen LogP contribution is 2.34. The van der Waals surface area contributed by atoms with Crippen molar-refractivity contribution in [3.8, 4) is 11.5 Å². The van der Waals surface area contributed by atoms with Crippen molar-refractivity contribution < 1.29 is 17.2 Å². The minimum absolute atomic E-state index is 0.0428. The lowest BCUT2D eigenvalue weighted by Crippen LogP contribution is -2.13. The molecule has 8 heteroatoms. The third-order valence-electron chi connectivity index (χ3n) is 3.47. The highest BCUT2D eigenvalue weighted by atomic mass is 79.9. The summed E-state index contributed by atoms with van der Waals surface area (Å²) in [5.41, 5.74) is 0.0999. The van der Waals surface area contributed by atoms with Crippen LogP contribution in [0.15, 0.2) is 67.3 Å². The van der Waals surface area contributed by atoms with Gasteiger partial charge in [0.1, 0.15) is 5.82 Å². The number of oxazole rings is 1. The molecule has 0 spiro atoms. The van der Waals surface area contributed by atoms with E-state index in [2.05, 4.69) is 20.9 Å². The van der Waals surface area contributed by atoms with Crippen LogP contribution in [0.2, 0.25) is 0 Å². The Morgan fingerprint density at radius 2 is 1.72 bits per heavy atom. The van der Waals surface area contributed by atoms with Crippen molar-refractivity contribution in [2.24, 2.45) is 0 Å². The summed E-state index contributed by atoms with van der Waals surface area (Å²) in [6.07, 6.45) is 0. The van der Waals surface area contributed by atoms with E-state index in [0.29, 0.717) is 0 Å². The van der Waals surface area contributed by atoms with Crippen LogP contribution < -0.4 is 4.90 Å². The highest BCUT2D eigenvalue weighted by molar-refractivity contribution is 9.10. The Hall–Kier alpha value is -2.19.